The van der Waals surface area contributed by atoms with Gasteiger partial charge in [0.1, 0.15) is 6.33 Å². The molecule has 0 N–H and O–H groups in total. The quantitative estimate of drug-likeness (QED) is 0.637. The molecular formula is C20H21N3. The van der Waals surface area contributed by atoms with Crippen molar-refractivity contribution in [2.75, 3.05) is 0 Å². The molecule has 3 aromatic rings. The second kappa shape index (κ2) is 7.99. The highest BCUT2D eigenvalue weighted by Crippen LogP contribution is 2.10. The maximum absolute atomic E-state index is 4.11. The van der Waals surface area contributed by atoms with Gasteiger partial charge >= 0.3 is 0 Å². The largest absolute Gasteiger partial charge is 0.265 e. The molecule has 0 aliphatic carbocycles. The summed E-state index contributed by atoms with van der Waals surface area (Å²) in [6.07, 6.45) is 6.76. The van der Waals surface area contributed by atoms with Gasteiger partial charge in [0.25, 0.3) is 0 Å². The van der Waals surface area contributed by atoms with Gasteiger partial charge in [0, 0.05) is 24.0 Å². The Morgan fingerprint density at radius 1 is 1.00 bits per heavy atom. The Kier molecular flexibility index (Phi) is 5.75. The SMILES string of the molecule is C=CN=Cc1ccc(C)cc1C.Cc1ccc2ncncc2c1. The number of aliphatic imine (C=N–C) groups is 1. The van der Waals surface area contributed by atoms with Crippen LogP contribution in [0, 0.1) is 20.8 Å². The van der Waals surface area contributed by atoms with Crippen molar-refractivity contribution in [1.29, 1.82) is 0 Å². The fourth-order valence-corrected chi connectivity index (χ4v) is 2.21. The van der Waals surface area contributed by atoms with Crippen LogP contribution in [0.4, 0.5) is 0 Å². The van der Waals surface area contributed by atoms with Crippen LogP contribution in [0.2, 0.25) is 0 Å². The minimum absolute atomic E-state index is 1.01. The molecule has 0 aliphatic heterocycles. The van der Waals surface area contributed by atoms with Gasteiger partial charge in [0.15, 0.2) is 0 Å². The Labute approximate surface area is 137 Å². The number of benzene rings is 2. The van der Waals surface area contributed by atoms with Gasteiger partial charge in [0.05, 0.1) is 5.52 Å². The van der Waals surface area contributed by atoms with Gasteiger partial charge < -0.3 is 0 Å². The lowest BCUT2D eigenvalue weighted by Gasteiger charge is -1.99. The zero-order chi connectivity index (χ0) is 16.7. The van der Waals surface area contributed by atoms with Crippen molar-refractivity contribution in [3.63, 3.8) is 0 Å². The Hall–Kier alpha value is -2.81. The lowest BCUT2D eigenvalue weighted by Crippen LogP contribution is -1.86. The zero-order valence-corrected chi connectivity index (χ0v) is 13.8. The molecule has 0 amide bonds. The third kappa shape index (κ3) is 4.85. The molecule has 1 aromatic heterocycles. The molecule has 3 heteroatoms. The first-order valence-electron chi connectivity index (χ1n) is 7.48. The van der Waals surface area contributed by atoms with Crippen LogP contribution >= 0.6 is 0 Å². The summed E-state index contributed by atoms with van der Waals surface area (Å²) in [4.78, 5) is 12.0. The molecule has 0 spiro atoms. The summed E-state index contributed by atoms with van der Waals surface area (Å²) in [7, 11) is 0. The summed E-state index contributed by atoms with van der Waals surface area (Å²) < 4.78 is 0. The summed E-state index contributed by atoms with van der Waals surface area (Å²) in [5.41, 5.74) is 5.93. The second-order valence-corrected chi connectivity index (χ2v) is 5.41. The van der Waals surface area contributed by atoms with Gasteiger partial charge in [-0.15, -0.1) is 0 Å². The van der Waals surface area contributed by atoms with Crippen LogP contribution in [0.25, 0.3) is 10.9 Å². The van der Waals surface area contributed by atoms with E-state index < -0.39 is 0 Å². The number of hydrogen-bond acceptors (Lipinski definition) is 3. The summed E-state index contributed by atoms with van der Waals surface area (Å²) in [6.45, 7) is 9.75. The number of rotatable bonds is 2. The number of nitrogens with zero attached hydrogens (tertiary/aromatic N) is 3. The molecule has 0 saturated carbocycles. The van der Waals surface area contributed by atoms with Crippen molar-refractivity contribution < 1.29 is 0 Å². The maximum Gasteiger partial charge on any atom is 0.116 e. The maximum atomic E-state index is 4.11. The van der Waals surface area contributed by atoms with Crippen LogP contribution in [0.3, 0.4) is 0 Å². The lowest BCUT2D eigenvalue weighted by molar-refractivity contribution is 1.22. The van der Waals surface area contributed by atoms with Crippen LogP contribution in [0.15, 0.2) is 66.7 Å². The van der Waals surface area contributed by atoms with Crippen LogP contribution in [0.5, 0.6) is 0 Å². The van der Waals surface area contributed by atoms with Crippen molar-refractivity contribution in [2.24, 2.45) is 4.99 Å². The highest BCUT2D eigenvalue weighted by Gasteiger charge is 1.93. The molecule has 2 aromatic carbocycles. The van der Waals surface area contributed by atoms with Crippen molar-refractivity contribution in [3.8, 4) is 0 Å². The van der Waals surface area contributed by atoms with Gasteiger partial charge in [-0.05, 0) is 44.0 Å². The van der Waals surface area contributed by atoms with Gasteiger partial charge in [0.2, 0.25) is 0 Å². The third-order valence-corrected chi connectivity index (χ3v) is 3.40. The highest BCUT2D eigenvalue weighted by atomic mass is 14.8. The number of hydrogen-bond donors (Lipinski definition) is 0. The van der Waals surface area contributed by atoms with E-state index in [9.17, 15) is 0 Å². The molecular weight excluding hydrogens is 282 g/mol. The smallest absolute Gasteiger partial charge is 0.116 e. The fourth-order valence-electron chi connectivity index (χ4n) is 2.21. The predicted molar refractivity (Wildman–Crippen MR) is 98.0 cm³/mol. The summed E-state index contributed by atoms with van der Waals surface area (Å²) in [6, 6.07) is 12.4. The molecule has 0 aliphatic rings. The van der Waals surface area contributed by atoms with E-state index in [1.165, 1.54) is 16.7 Å². The van der Waals surface area contributed by atoms with Crippen molar-refractivity contribution >= 4 is 17.1 Å². The van der Waals surface area contributed by atoms with E-state index >= 15 is 0 Å². The van der Waals surface area contributed by atoms with Crippen molar-refractivity contribution in [2.45, 2.75) is 20.8 Å². The minimum atomic E-state index is 1.01. The van der Waals surface area contributed by atoms with E-state index in [1.54, 1.807) is 12.5 Å². The van der Waals surface area contributed by atoms with E-state index in [0.29, 0.717) is 0 Å². The van der Waals surface area contributed by atoms with Crippen molar-refractivity contribution in [1.82, 2.24) is 9.97 Å². The fraction of sp³-hybridized carbons (Fsp3) is 0.150. The molecule has 3 nitrogen and oxygen atoms in total. The summed E-state index contributed by atoms with van der Waals surface area (Å²) in [5, 5.41) is 1.10. The van der Waals surface area contributed by atoms with E-state index in [1.807, 2.05) is 18.5 Å². The van der Waals surface area contributed by atoms with Crippen LogP contribution in [-0.4, -0.2) is 16.2 Å². The first kappa shape index (κ1) is 16.6. The molecule has 0 radical (unpaired) electrons. The standard InChI is InChI=1S/C11H13N.C9H8N2/c1-4-12-8-11-6-5-9(2)7-10(11)3;1-7-2-3-9-8(4-7)5-10-6-11-9/h4-8H,1H2,2-3H3;2-6H,1H3. The normalized spacial score (nSPS) is 10.4. The van der Waals surface area contributed by atoms with Gasteiger partial charge in [-0.1, -0.05) is 42.0 Å². The topological polar surface area (TPSA) is 38.1 Å². The van der Waals surface area contributed by atoms with Gasteiger partial charge in [-0.2, -0.15) is 0 Å². The van der Waals surface area contributed by atoms with Crippen LogP contribution in [0.1, 0.15) is 22.3 Å². The first-order chi connectivity index (χ1) is 11.1. The molecule has 0 fully saturated rings. The Morgan fingerprint density at radius 2 is 1.74 bits per heavy atom. The van der Waals surface area contributed by atoms with E-state index in [2.05, 4.69) is 72.6 Å². The van der Waals surface area contributed by atoms with Gasteiger partial charge in [-0.3, -0.25) is 4.99 Å². The van der Waals surface area contributed by atoms with E-state index in [4.69, 9.17) is 0 Å². The monoisotopic (exact) mass is 303 g/mol. The molecule has 0 bridgehead atoms. The Morgan fingerprint density at radius 3 is 2.48 bits per heavy atom. The molecule has 1 heterocycles. The zero-order valence-electron chi connectivity index (χ0n) is 13.8. The summed E-state index contributed by atoms with van der Waals surface area (Å²) >= 11 is 0. The molecule has 23 heavy (non-hydrogen) atoms. The predicted octanol–water partition coefficient (Wildman–Crippen LogP) is 4.80. The lowest BCUT2D eigenvalue weighted by atomic mass is 10.1. The second-order valence-electron chi connectivity index (χ2n) is 5.41. The van der Waals surface area contributed by atoms with Crippen LogP contribution < -0.4 is 0 Å². The number of fused-ring (bicyclic) bond motifs is 1. The molecule has 116 valence electrons. The average Bonchev–Trinajstić information content (AvgIpc) is 2.54. The highest BCUT2D eigenvalue weighted by molar-refractivity contribution is 5.82. The first-order valence-corrected chi connectivity index (χ1v) is 7.48. The molecule has 3 rings (SSSR count). The minimum Gasteiger partial charge on any atom is -0.265 e. The Balaban J connectivity index is 0.000000167. The molecule has 0 atom stereocenters. The van der Waals surface area contributed by atoms with E-state index in [0.717, 1.165) is 16.5 Å². The number of aryl methyl sites for hydroxylation is 3. The van der Waals surface area contributed by atoms with Crippen molar-refractivity contribution in [3.05, 3.63) is 84.0 Å². The molecule has 0 saturated heterocycles. The van der Waals surface area contributed by atoms with E-state index in [-0.39, 0.29) is 0 Å². The van der Waals surface area contributed by atoms with Crippen LogP contribution in [-0.2, 0) is 0 Å². The number of aromatic nitrogens is 2. The average molecular weight is 303 g/mol. The Bertz CT molecular complexity index is 835. The third-order valence-electron chi connectivity index (χ3n) is 3.40. The van der Waals surface area contributed by atoms with Gasteiger partial charge in [-0.25, -0.2) is 9.97 Å². The summed E-state index contributed by atoms with van der Waals surface area (Å²) in [5.74, 6) is 0. The molecule has 0 unspecified atom stereocenters.